The standard InChI is InChI=1S/C14H19BrIN/c1-14(2)7-3-4-11(9-14)17-13-8-10(15)5-6-12(13)16/h5-6,8,11,17H,3-4,7,9H2,1-2H3. The largest absolute Gasteiger partial charge is 0.381 e. The zero-order valence-electron chi connectivity index (χ0n) is 10.4. The summed E-state index contributed by atoms with van der Waals surface area (Å²) >= 11 is 5.94. The molecule has 0 heterocycles. The van der Waals surface area contributed by atoms with Gasteiger partial charge >= 0.3 is 0 Å². The zero-order valence-corrected chi connectivity index (χ0v) is 14.1. The Hall–Kier alpha value is 0.230. The van der Waals surface area contributed by atoms with Gasteiger partial charge in [-0.05, 0) is 65.5 Å². The second-order valence-corrected chi connectivity index (χ2v) is 7.80. The van der Waals surface area contributed by atoms with Gasteiger partial charge in [-0.2, -0.15) is 0 Å². The fourth-order valence-electron chi connectivity index (χ4n) is 2.65. The summed E-state index contributed by atoms with van der Waals surface area (Å²) in [5.74, 6) is 0. The molecule has 3 heteroatoms. The molecule has 0 aromatic heterocycles. The van der Waals surface area contributed by atoms with Gasteiger partial charge in [0.2, 0.25) is 0 Å². The Kier molecular flexibility index (Phi) is 4.40. The number of benzene rings is 1. The summed E-state index contributed by atoms with van der Waals surface area (Å²) in [4.78, 5) is 0. The van der Waals surface area contributed by atoms with Gasteiger partial charge in [-0.15, -0.1) is 0 Å². The molecule has 0 aliphatic heterocycles. The Balaban J connectivity index is 2.07. The van der Waals surface area contributed by atoms with Crippen LogP contribution in [0, 0.1) is 8.99 Å². The Morgan fingerprint density at radius 3 is 2.88 bits per heavy atom. The molecule has 94 valence electrons. The number of halogens is 2. The highest BCUT2D eigenvalue weighted by atomic mass is 127. The maximum atomic E-state index is 3.71. The molecule has 2 rings (SSSR count). The van der Waals surface area contributed by atoms with Gasteiger partial charge in [0.25, 0.3) is 0 Å². The van der Waals surface area contributed by atoms with Gasteiger partial charge in [-0.3, -0.25) is 0 Å². The van der Waals surface area contributed by atoms with Crippen molar-refractivity contribution in [2.24, 2.45) is 5.41 Å². The summed E-state index contributed by atoms with van der Waals surface area (Å²) in [5, 5.41) is 3.71. The van der Waals surface area contributed by atoms with Crippen molar-refractivity contribution in [1.29, 1.82) is 0 Å². The molecular formula is C14H19BrIN. The summed E-state index contributed by atoms with van der Waals surface area (Å²) in [6, 6.07) is 7.06. The van der Waals surface area contributed by atoms with E-state index in [1.165, 1.54) is 34.9 Å². The molecule has 1 atom stereocenters. The maximum absolute atomic E-state index is 3.71. The molecule has 1 aromatic rings. The van der Waals surface area contributed by atoms with Crippen LogP contribution in [0.3, 0.4) is 0 Å². The molecule has 1 nitrogen and oxygen atoms in total. The van der Waals surface area contributed by atoms with Gasteiger partial charge in [0, 0.05) is 19.8 Å². The first-order valence-electron chi connectivity index (χ1n) is 6.18. The van der Waals surface area contributed by atoms with Gasteiger partial charge in [-0.25, -0.2) is 0 Å². The van der Waals surface area contributed by atoms with Gasteiger partial charge in [0.15, 0.2) is 0 Å². The molecule has 1 unspecified atom stereocenters. The number of hydrogen-bond acceptors (Lipinski definition) is 1. The van der Waals surface area contributed by atoms with Crippen LogP contribution in [0.4, 0.5) is 5.69 Å². The topological polar surface area (TPSA) is 12.0 Å². The minimum atomic E-state index is 0.493. The normalized spacial score (nSPS) is 23.4. The van der Waals surface area contributed by atoms with Crippen LogP contribution in [0.15, 0.2) is 22.7 Å². The molecule has 0 spiro atoms. The van der Waals surface area contributed by atoms with E-state index < -0.39 is 0 Å². The highest BCUT2D eigenvalue weighted by molar-refractivity contribution is 14.1. The SMILES string of the molecule is CC1(C)CCCC(Nc2cc(Br)ccc2I)C1. The van der Waals surface area contributed by atoms with Crippen molar-refractivity contribution in [3.63, 3.8) is 0 Å². The summed E-state index contributed by atoms with van der Waals surface area (Å²) in [7, 11) is 0. The van der Waals surface area contributed by atoms with Crippen LogP contribution in [0.25, 0.3) is 0 Å². The summed E-state index contributed by atoms with van der Waals surface area (Å²) in [6.45, 7) is 4.76. The third-order valence-electron chi connectivity index (χ3n) is 3.49. The second-order valence-electron chi connectivity index (χ2n) is 5.73. The van der Waals surface area contributed by atoms with E-state index in [0.717, 1.165) is 4.47 Å². The highest BCUT2D eigenvalue weighted by Crippen LogP contribution is 2.37. The minimum absolute atomic E-state index is 0.493. The molecular weight excluding hydrogens is 389 g/mol. The first-order chi connectivity index (χ1) is 7.96. The molecule has 1 N–H and O–H groups in total. The average molecular weight is 408 g/mol. The molecule has 17 heavy (non-hydrogen) atoms. The van der Waals surface area contributed by atoms with Crippen LogP contribution in [0.5, 0.6) is 0 Å². The molecule has 0 amide bonds. The van der Waals surface area contributed by atoms with E-state index in [9.17, 15) is 0 Å². The lowest BCUT2D eigenvalue weighted by Crippen LogP contribution is -2.31. The van der Waals surface area contributed by atoms with E-state index in [0.29, 0.717) is 11.5 Å². The lowest BCUT2D eigenvalue weighted by Gasteiger charge is -2.36. The van der Waals surface area contributed by atoms with Crippen molar-refractivity contribution >= 4 is 44.2 Å². The lowest BCUT2D eigenvalue weighted by atomic mass is 9.75. The van der Waals surface area contributed by atoms with Crippen LogP contribution in [-0.2, 0) is 0 Å². The van der Waals surface area contributed by atoms with Crippen molar-refractivity contribution < 1.29 is 0 Å². The second kappa shape index (κ2) is 5.47. The Bertz CT molecular complexity index is 403. The smallest absolute Gasteiger partial charge is 0.0489 e. The number of hydrogen-bond donors (Lipinski definition) is 1. The van der Waals surface area contributed by atoms with Gasteiger partial charge in [0.05, 0.1) is 0 Å². The van der Waals surface area contributed by atoms with E-state index in [1.807, 2.05) is 0 Å². The van der Waals surface area contributed by atoms with Crippen molar-refractivity contribution in [3.8, 4) is 0 Å². The highest BCUT2D eigenvalue weighted by Gasteiger charge is 2.27. The van der Waals surface area contributed by atoms with E-state index in [1.54, 1.807) is 0 Å². The predicted molar refractivity (Wildman–Crippen MR) is 86.5 cm³/mol. The number of rotatable bonds is 2. The zero-order chi connectivity index (χ0) is 12.5. The molecule has 0 radical (unpaired) electrons. The Morgan fingerprint density at radius 2 is 2.18 bits per heavy atom. The molecule has 1 aliphatic rings. The van der Waals surface area contributed by atoms with E-state index in [-0.39, 0.29) is 0 Å². The quantitative estimate of drug-likeness (QED) is 0.644. The van der Waals surface area contributed by atoms with E-state index in [2.05, 4.69) is 75.9 Å². The first-order valence-corrected chi connectivity index (χ1v) is 8.05. The number of anilines is 1. The van der Waals surface area contributed by atoms with E-state index >= 15 is 0 Å². The Labute approximate surface area is 126 Å². The summed E-state index contributed by atoms with van der Waals surface area (Å²) in [6.07, 6.45) is 5.28. The van der Waals surface area contributed by atoms with Crippen molar-refractivity contribution in [3.05, 3.63) is 26.2 Å². The fraction of sp³-hybridized carbons (Fsp3) is 0.571. The molecule has 1 fully saturated rings. The van der Waals surface area contributed by atoms with Crippen LogP contribution in [0.2, 0.25) is 0 Å². The molecule has 1 aliphatic carbocycles. The lowest BCUT2D eigenvalue weighted by molar-refractivity contribution is 0.229. The third kappa shape index (κ3) is 3.85. The van der Waals surface area contributed by atoms with Gasteiger partial charge < -0.3 is 5.32 Å². The van der Waals surface area contributed by atoms with Crippen LogP contribution >= 0.6 is 38.5 Å². The Morgan fingerprint density at radius 1 is 1.41 bits per heavy atom. The average Bonchev–Trinajstić information content (AvgIpc) is 2.22. The molecule has 1 saturated carbocycles. The van der Waals surface area contributed by atoms with Crippen LogP contribution in [-0.4, -0.2) is 6.04 Å². The van der Waals surface area contributed by atoms with Gasteiger partial charge in [0.1, 0.15) is 0 Å². The molecule has 1 aromatic carbocycles. The van der Waals surface area contributed by atoms with E-state index in [4.69, 9.17) is 0 Å². The minimum Gasteiger partial charge on any atom is -0.381 e. The fourth-order valence-corrected chi connectivity index (χ4v) is 3.50. The van der Waals surface area contributed by atoms with Crippen LogP contribution in [0.1, 0.15) is 39.5 Å². The summed E-state index contributed by atoms with van der Waals surface area (Å²) in [5.41, 5.74) is 1.76. The van der Waals surface area contributed by atoms with Crippen molar-refractivity contribution in [2.75, 3.05) is 5.32 Å². The summed E-state index contributed by atoms with van der Waals surface area (Å²) < 4.78 is 2.45. The first kappa shape index (κ1) is 13.7. The monoisotopic (exact) mass is 407 g/mol. The molecule has 0 saturated heterocycles. The predicted octanol–water partition coefficient (Wildman–Crippen LogP) is 5.43. The number of nitrogens with one attached hydrogen (secondary N) is 1. The van der Waals surface area contributed by atoms with Crippen molar-refractivity contribution in [1.82, 2.24) is 0 Å². The van der Waals surface area contributed by atoms with Crippen molar-refractivity contribution in [2.45, 2.75) is 45.6 Å². The maximum Gasteiger partial charge on any atom is 0.0489 e. The molecule has 0 bridgehead atoms. The third-order valence-corrected chi connectivity index (χ3v) is 4.93. The van der Waals surface area contributed by atoms with Gasteiger partial charge in [-0.1, -0.05) is 36.2 Å². The van der Waals surface area contributed by atoms with Crippen LogP contribution < -0.4 is 5.32 Å².